The molecule has 1 amide bonds. The number of ether oxygens (including phenoxy) is 1. The number of nitrogens with one attached hydrogen (secondary N) is 2. The van der Waals surface area contributed by atoms with Crippen LogP contribution in [0.3, 0.4) is 0 Å². The number of nitrogens with zero attached hydrogens (tertiary/aromatic N) is 1. The maximum atomic E-state index is 12.6. The summed E-state index contributed by atoms with van der Waals surface area (Å²) in [6, 6.07) is 10.2. The minimum atomic E-state index is 0.166. The molecule has 0 unspecified atom stereocenters. The van der Waals surface area contributed by atoms with Crippen LogP contribution in [0.15, 0.2) is 35.7 Å². The van der Waals surface area contributed by atoms with Crippen molar-refractivity contribution >= 4 is 22.9 Å². The highest BCUT2D eigenvalue weighted by Gasteiger charge is 2.19. The standard InChI is InChI=1S/C24H35N3O2S/c1-19(2)29-23-11-5-4-10-22(23)26-14-13-25-12-8-9-21-17-20(18-30-21)24(28)27-15-6-3-7-16-27/h4-5,10-11,17-19,25-26H,3,6-9,12-16H2,1-2H3. The van der Waals surface area contributed by atoms with Crippen molar-refractivity contribution in [2.45, 2.75) is 52.1 Å². The third-order valence-electron chi connectivity index (χ3n) is 5.19. The largest absolute Gasteiger partial charge is 0.489 e. The Morgan fingerprint density at radius 1 is 1.13 bits per heavy atom. The Hall–Kier alpha value is -2.05. The minimum Gasteiger partial charge on any atom is -0.489 e. The highest BCUT2D eigenvalue weighted by Crippen LogP contribution is 2.24. The molecule has 1 aliphatic heterocycles. The molecule has 0 bridgehead atoms. The van der Waals surface area contributed by atoms with Crippen molar-refractivity contribution in [2.75, 3.05) is 38.0 Å². The second-order valence-corrected chi connectivity index (χ2v) is 9.09. The van der Waals surface area contributed by atoms with Crippen molar-refractivity contribution in [2.24, 2.45) is 0 Å². The quantitative estimate of drug-likeness (QED) is 0.504. The van der Waals surface area contributed by atoms with Crippen molar-refractivity contribution in [3.8, 4) is 5.75 Å². The lowest BCUT2D eigenvalue weighted by atomic mass is 10.1. The van der Waals surface area contributed by atoms with Gasteiger partial charge in [-0.05, 0) is 70.7 Å². The van der Waals surface area contributed by atoms with Crippen LogP contribution >= 0.6 is 11.3 Å². The number of amides is 1. The van der Waals surface area contributed by atoms with Crippen LogP contribution in [0.1, 0.15) is 54.8 Å². The summed E-state index contributed by atoms with van der Waals surface area (Å²) < 4.78 is 5.84. The van der Waals surface area contributed by atoms with Gasteiger partial charge in [0.25, 0.3) is 5.91 Å². The molecule has 1 aromatic carbocycles. The van der Waals surface area contributed by atoms with E-state index in [1.165, 1.54) is 11.3 Å². The third-order valence-corrected chi connectivity index (χ3v) is 6.18. The number of likely N-dealkylation sites (tertiary alicyclic amines) is 1. The fraction of sp³-hybridized carbons (Fsp3) is 0.542. The molecule has 1 fully saturated rings. The number of benzene rings is 1. The maximum Gasteiger partial charge on any atom is 0.254 e. The van der Waals surface area contributed by atoms with Gasteiger partial charge in [-0.2, -0.15) is 0 Å². The van der Waals surface area contributed by atoms with Crippen molar-refractivity contribution in [3.05, 3.63) is 46.2 Å². The highest BCUT2D eigenvalue weighted by atomic mass is 32.1. The summed E-state index contributed by atoms with van der Waals surface area (Å²) in [7, 11) is 0. The molecule has 3 rings (SSSR count). The van der Waals surface area contributed by atoms with Gasteiger partial charge in [0.15, 0.2) is 0 Å². The number of rotatable bonds is 11. The van der Waals surface area contributed by atoms with E-state index in [1.807, 2.05) is 42.3 Å². The molecule has 1 aliphatic rings. The zero-order valence-corrected chi connectivity index (χ0v) is 19.1. The van der Waals surface area contributed by atoms with Crippen LogP contribution in [0.2, 0.25) is 0 Å². The lowest BCUT2D eigenvalue weighted by Crippen LogP contribution is -2.35. The van der Waals surface area contributed by atoms with Crippen LogP contribution in [0.4, 0.5) is 5.69 Å². The summed E-state index contributed by atoms with van der Waals surface area (Å²) >= 11 is 1.71. The Bertz CT molecular complexity index is 784. The molecule has 1 aromatic heterocycles. The molecular weight excluding hydrogens is 394 g/mol. The second kappa shape index (κ2) is 12.0. The second-order valence-electron chi connectivity index (χ2n) is 8.10. The summed E-state index contributed by atoms with van der Waals surface area (Å²) in [5, 5.41) is 8.97. The Kier molecular flexibility index (Phi) is 9.02. The summed E-state index contributed by atoms with van der Waals surface area (Å²) in [6.45, 7) is 8.63. The fourth-order valence-corrected chi connectivity index (χ4v) is 4.58. The molecule has 0 aliphatic carbocycles. The van der Waals surface area contributed by atoms with E-state index in [-0.39, 0.29) is 12.0 Å². The molecule has 0 spiro atoms. The smallest absolute Gasteiger partial charge is 0.254 e. The van der Waals surface area contributed by atoms with E-state index in [2.05, 4.69) is 22.8 Å². The number of para-hydroxylation sites is 2. The molecule has 0 saturated carbocycles. The number of piperidine rings is 1. The van der Waals surface area contributed by atoms with E-state index in [1.54, 1.807) is 11.3 Å². The molecule has 164 valence electrons. The Balaban J connectivity index is 1.31. The minimum absolute atomic E-state index is 0.166. The van der Waals surface area contributed by atoms with Crippen molar-refractivity contribution < 1.29 is 9.53 Å². The van der Waals surface area contributed by atoms with E-state index in [0.717, 1.165) is 75.4 Å². The molecule has 0 radical (unpaired) electrons. The zero-order valence-electron chi connectivity index (χ0n) is 18.3. The first-order valence-electron chi connectivity index (χ1n) is 11.2. The monoisotopic (exact) mass is 429 g/mol. The molecular formula is C24H35N3O2S. The van der Waals surface area contributed by atoms with E-state index >= 15 is 0 Å². The van der Waals surface area contributed by atoms with Gasteiger partial charge in [0.1, 0.15) is 5.75 Å². The third kappa shape index (κ3) is 7.03. The molecule has 5 nitrogen and oxygen atoms in total. The van der Waals surface area contributed by atoms with Gasteiger partial charge in [0, 0.05) is 36.4 Å². The van der Waals surface area contributed by atoms with Crippen LogP contribution in [-0.4, -0.2) is 49.6 Å². The van der Waals surface area contributed by atoms with Crippen molar-refractivity contribution in [1.82, 2.24) is 10.2 Å². The predicted octanol–water partition coefficient (Wildman–Crippen LogP) is 4.80. The van der Waals surface area contributed by atoms with Crippen LogP contribution in [0, 0.1) is 0 Å². The maximum absolute atomic E-state index is 12.6. The average molecular weight is 430 g/mol. The van der Waals surface area contributed by atoms with Crippen LogP contribution in [-0.2, 0) is 6.42 Å². The Morgan fingerprint density at radius 2 is 1.93 bits per heavy atom. The number of carbonyl (C=O) groups is 1. The van der Waals surface area contributed by atoms with Crippen LogP contribution < -0.4 is 15.4 Å². The SMILES string of the molecule is CC(C)Oc1ccccc1NCCNCCCc1cc(C(=O)N2CCCCC2)cs1. The van der Waals surface area contributed by atoms with Gasteiger partial charge in [-0.15, -0.1) is 11.3 Å². The van der Waals surface area contributed by atoms with E-state index in [0.29, 0.717) is 0 Å². The first kappa shape index (κ1) is 22.6. The Morgan fingerprint density at radius 3 is 2.73 bits per heavy atom. The van der Waals surface area contributed by atoms with Crippen LogP contribution in [0.5, 0.6) is 5.75 Å². The van der Waals surface area contributed by atoms with Gasteiger partial charge in [-0.3, -0.25) is 4.79 Å². The van der Waals surface area contributed by atoms with Crippen LogP contribution in [0.25, 0.3) is 0 Å². The highest BCUT2D eigenvalue weighted by molar-refractivity contribution is 7.10. The molecule has 0 atom stereocenters. The molecule has 2 heterocycles. The number of anilines is 1. The molecule has 1 saturated heterocycles. The summed E-state index contributed by atoms with van der Waals surface area (Å²) in [6.07, 6.45) is 5.78. The first-order valence-corrected chi connectivity index (χ1v) is 12.1. The lowest BCUT2D eigenvalue weighted by Gasteiger charge is -2.26. The average Bonchev–Trinajstić information content (AvgIpc) is 3.23. The molecule has 2 N–H and O–H groups in total. The Labute approximate surface area is 184 Å². The van der Waals surface area contributed by atoms with Gasteiger partial charge in [-0.25, -0.2) is 0 Å². The number of hydrogen-bond donors (Lipinski definition) is 2. The zero-order chi connectivity index (χ0) is 21.2. The molecule has 30 heavy (non-hydrogen) atoms. The van der Waals surface area contributed by atoms with Gasteiger partial charge in [-0.1, -0.05) is 12.1 Å². The van der Waals surface area contributed by atoms with E-state index in [9.17, 15) is 4.79 Å². The van der Waals surface area contributed by atoms with E-state index < -0.39 is 0 Å². The first-order chi connectivity index (χ1) is 14.6. The lowest BCUT2D eigenvalue weighted by molar-refractivity contribution is 0.0725. The van der Waals surface area contributed by atoms with Crippen molar-refractivity contribution in [1.29, 1.82) is 0 Å². The van der Waals surface area contributed by atoms with E-state index in [4.69, 9.17) is 4.74 Å². The summed E-state index contributed by atoms with van der Waals surface area (Å²) in [4.78, 5) is 15.9. The number of aryl methyl sites for hydroxylation is 1. The van der Waals surface area contributed by atoms with Gasteiger partial charge < -0.3 is 20.3 Å². The number of carbonyl (C=O) groups excluding carboxylic acids is 1. The fourth-order valence-electron chi connectivity index (χ4n) is 3.67. The van der Waals surface area contributed by atoms with Gasteiger partial charge in [0.2, 0.25) is 0 Å². The number of thiophene rings is 1. The van der Waals surface area contributed by atoms with Crippen molar-refractivity contribution in [3.63, 3.8) is 0 Å². The topological polar surface area (TPSA) is 53.6 Å². The summed E-state index contributed by atoms with van der Waals surface area (Å²) in [5.74, 6) is 1.11. The molecule has 2 aromatic rings. The number of hydrogen-bond acceptors (Lipinski definition) is 5. The predicted molar refractivity (Wildman–Crippen MR) is 126 cm³/mol. The summed E-state index contributed by atoms with van der Waals surface area (Å²) in [5.41, 5.74) is 1.91. The van der Waals surface area contributed by atoms with Gasteiger partial charge >= 0.3 is 0 Å². The normalized spacial score (nSPS) is 14.2. The molecule has 6 heteroatoms. The van der Waals surface area contributed by atoms with Gasteiger partial charge in [0.05, 0.1) is 17.4 Å².